The lowest BCUT2D eigenvalue weighted by atomic mass is 9.89. The maximum Gasteiger partial charge on any atom is 0.226 e. The van der Waals surface area contributed by atoms with E-state index < -0.39 is 0 Å². The molecule has 0 atom stereocenters. The molecule has 8 heteroatoms. The summed E-state index contributed by atoms with van der Waals surface area (Å²) >= 11 is 2.01. The predicted octanol–water partition coefficient (Wildman–Crippen LogP) is 7.32. The van der Waals surface area contributed by atoms with Crippen LogP contribution in [0.25, 0.3) is 22.7 Å². The Labute approximate surface area is 236 Å². The maximum atomic E-state index is 13.0. The van der Waals surface area contributed by atoms with E-state index in [0.717, 1.165) is 55.6 Å². The molecule has 1 aliphatic carbocycles. The van der Waals surface area contributed by atoms with E-state index in [9.17, 15) is 9.18 Å². The maximum absolute atomic E-state index is 13.0. The highest BCUT2D eigenvalue weighted by Crippen LogP contribution is 2.27. The molecule has 6 nitrogen and oxygen atoms in total. The third kappa shape index (κ3) is 9.74. The van der Waals surface area contributed by atoms with Crippen molar-refractivity contribution in [1.29, 1.82) is 5.26 Å². The second-order valence-electron chi connectivity index (χ2n) is 9.61. The van der Waals surface area contributed by atoms with Crippen LogP contribution in [0.2, 0.25) is 0 Å². The zero-order valence-electron chi connectivity index (χ0n) is 23.0. The lowest BCUT2D eigenvalue weighted by Crippen LogP contribution is -2.32. The van der Waals surface area contributed by atoms with Crippen LogP contribution in [0.15, 0.2) is 59.2 Å². The average Bonchev–Trinajstić information content (AvgIpc) is 3.48. The van der Waals surface area contributed by atoms with Crippen LogP contribution in [0.4, 0.5) is 10.1 Å². The van der Waals surface area contributed by atoms with Gasteiger partial charge in [0.2, 0.25) is 11.8 Å². The third-order valence-corrected chi connectivity index (χ3v) is 7.39. The zero-order valence-corrected chi connectivity index (χ0v) is 23.8. The normalized spacial score (nSPS) is 15.2. The second-order valence-corrected chi connectivity index (χ2v) is 10.8. The van der Waals surface area contributed by atoms with E-state index in [1.165, 1.54) is 42.2 Å². The number of nitrogens with zero attached hydrogens (tertiary/aromatic N) is 3. The Morgan fingerprint density at radius 3 is 2.28 bits per heavy atom. The molecule has 2 aliphatic rings. The first kappa shape index (κ1) is 30.2. The van der Waals surface area contributed by atoms with Crippen LogP contribution >= 0.6 is 11.8 Å². The molecule has 208 valence electrons. The molecule has 0 bridgehead atoms. The molecule has 1 N–H and O–H groups in total. The molecule has 1 amide bonds. The first-order chi connectivity index (χ1) is 19.0. The zero-order chi connectivity index (χ0) is 27.9. The number of rotatable bonds is 5. The van der Waals surface area contributed by atoms with Gasteiger partial charge < -0.3 is 14.6 Å². The van der Waals surface area contributed by atoms with Crippen LogP contribution in [0, 0.1) is 23.1 Å². The van der Waals surface area contributed by atoms with Gasteiger partial charge in [0.05, 0.1) is 6.07 Å². The fourth-order valence-electron chi connectivity index (χ4n) is 4.43. The Morgan fingerprint density at radius 1 is 1.05 bits per heavy atom. The van der Waals surface area contributed by atoms with E-state index in [-0.39, 0.29) is 24.2 Å². The van der Waals surface area contributed by atoms with E-state index in [0.29, 0.717) is 5.89 Å². The van der Waals surface area contributed by atoms with Gasteiger partial charge in [-0.25, -0.2) is 9.37 Å². The summed E-state index contributed by atoms with van der Waals surface area (Å²) in [5.74, 6) is 2.85. The molecule has 2 fully saturated rings. The van der Waals surface area contributed by atoms with Gasteiger partial charge in [-0.2, -0.15) is 17.0 Å². The molecular weight excluding hydrogens is 511 g/mol. The van der Waals surface area contributed by atoms with Gasteiger partial charge >= 0.3 is 0 Å². The number of oxazole rings is 1. The molecule has 1 saturated carbocycles. The Kier molecular flexibility index (Phi) is 12.9. The number of anilines is 1. The highest BCUT2D eigenvalue weighted by molar-refractivity contribution is 7.99. The minimum Gasteiger partial charge on any atom is -0.444 e. The molecule has 0 unspecified atom stereocenters. The lowest BCUT2D eigenvalue weighted by Gasteiger charge is -2.28. The first-order valence-electron chi connectivity index (χ1n) is 13.8. The molecule has 1 aromatic heterocycles. The first-order valence-corrected chi connectivity index (χ1v) is 15.0. The molecule has 0 radical (unpaired) electrons. The van der Waals surface area contributed by atoms with Gasteiger partial charge in [0, 0.05) is 47.3 Å². The number of aromatic nitrogens is 1. The van der Waals surface area contributed by atoms with Crippen LogP contribution in [-0.2, 0) is 4.79 Å². The molecule has 2 heterocycles. The Balaban J connectivity index is 0.000000236. The smallest absolute Gasteiger partial charge is 0.226 e. The van der Waals surface area contributed by atoms with Gasteiger partial charge in [-0.1, -0.05) is 51.7 Å². The van der Waals surface area contributed by atoms with Gasteiger partial charge in [0.25, 0.3) is 0 Å². The van der Waals surface area contributed by atoms with Crippen LogP contribution in [0.1, 0.15) is 52.4 Å². The van der Waals surface area contributed by atoms with E-state index >= 15 is 0 Å². The second kappa shape index (κ2) is 16.6. The van der Waals surface area contributed by atoms with Crippen molar-refractivity contribution < 1.29 is 13.6 Å². The topological polar surface area (TPSA) is 82.2 Å². The molecule has 3 aromatic rings. The number of amides is 1. The summed E-state index contributed by atoms with van der Waals surface area (Å²) in [4.78, 5) is 18.2. The van der Waals surface area contributed by atoms with Gasteiger partial charge in [0.1, 0.15) is 24.3 Å². The minimum atomic E-state index is -0.266. The quantitative estimate of drug-likeness (QED) is 0.335. The number of carbonyl (C=O) groups excluding carboxylic acids is 1. The van der Waals surface area contributed by atoms with Gasteiger partial charge in [-0.05, 0) is 49.2 Å². The Morgan fingerprint density at radius 2 is 1.67 bits per heavy atom. The Hall–Kier alpha value is -3.31. The number of thioether (sulfide) groups is 1. The lowest BCUT2D eigenvalue weighted by molar-refractivity contribution is -0.125. The number of hydrogen-bond donors (Lipinski definition) is 1. The minimum absolute atomic E-state index is 0.0660. The number of nitriles is 1. The van der Waals surface area contributed by atoms with Crippen molar-refractivity contribution in [3.05, 3.63) is 60.6 Å². The number of benzene rings is 2. The molecule has 39 heavy (non-hydrogen) atoms. The summed E-state index contributed by atoms with van der Waals surface area (Å²) in [5.41, 5.74) is 3.82. The summed E-state index contributed by atoms with van der Waals surface area (Å²) in [5, 5.41) is 10.9. The summed E-state index contributed by atoms with van der Waals surface area (Å²) < 4.78 is 18.6. The van der Waals surface area contributed by atoms with Crippen LogP contribution in [0.3, 0.4) is 0 Å². The van der Waals surface area contributed by atoms with Crippen molar-refractivity contribution in [3.63, 3.8) is 0 Å². The fraction of sp³-hybridized carbons (Fsp3) is 0.452. The van der Waals surface area contributed by atoms with Crippen LogP contribution < -0.4 is 10.2 Å². The summed E-state index contributed by atoms with van der Waals surface area (Å²) in [7, 11) is 0. The number of hydrogen-bond acceptors (Lipinski definition) is 6. The standard InChI is InChI=1S/C19H17FN2OS.C9H14N2O.C3H8/c20-16-5-1-15(2-6-16)19-21-18(13-23-19)14-3-7-17(8-4-14)22-9-11-24-12-10-22;10-6-7-11-9(12)8-4-2-1-3-5-8;1-3-2/h1-8,13H,9-12H2;8H,1-5,7H2,(H,11,12);3H2,1-2H3. The van der Waals surface area contributed by atoms with E-state index in [2.05, 4.69) is 53.3 Å². The van der Waals surface area contributed by atoms with Gasteiger partial charge in [0.15, 0.2) is 0 Å². The summed E-state index contributed by atoms with van der Waals surface area (Å²) in [6.07, 6.45) is 8.46. The largest absolute Gasteiger partial charge is 0.444 e. The van der Waals surface area contributed by atoms with Crippen molar-refractivity contribution in [2.24, 2.45) is 5.92 Å². The SMILES string of the molecule is CCC.Fc1ccc(-c2nc(-c3ccc(N4CCSCC4)cc3)co2)cc1.N#CCNC(=O)C1CCCCC1. The van der Waals surface area contributed by atoms with Crippen molar-refractivity contribution in [3.8, 4) is 28.8 Å². The fourth-order valence-corrected chi connectivity index (χ4v) is 5.33. The summed E-state index contributed by atoms with van der Waals surface area (Å²) in [6, 6.07) is 16.5. The van der Waals surface area contributed by atoms with Gasteiger partial charge in [-0.3, -0.25) is 4.79 Å². The highest BCUT2D eigenvalue weighted by atomic mass is 32.2. The van der Waals surface area contributed by atoms with E-state index in [1.807, 2.05) is 17.8 Å². The highest BCUT2D eigenvalue weighted by Gasteiger charge is 2.20. The average molecular weight is 551 g/mol. The number of nitrogens with one attached hydrogen (secondary N) is 1. The number of halogens is 1. The summed E-state index contributed by atoms with van der Waals surface area (Å²) in [6.45, 7) is 6.60. The molecule has 1 aliphatic heterocycles. The number of carbonyl (C=O) groups is 1. The monoisotopic (exact) mass is 550 g/mol. The van der Waals surface area contributed by atoms with Crippen molar-refractivity contribution in [2.75, 3.05) is 36.0 Å². The molecule has 2 aromatic carbocycles. The van der Waals surface area contributed by atoms with Crippen LogP contribution in [-0.4, -0.2) is 42.0 Å². The van der Waals surface area contributed by atoms with Crippen molar-refractivity contribution in [1.82, 2.24) is 10.3 Å². The molecule has 1 saturated heterocycles. The van der Waals surface area contributed by atoms with Crippen molar-refractivity contribution >= 4 is 23.4 Å². The predicted molar refractivity (Wildman–Crippen MR) is 158 cm³/mol. The molecular formula is C31H39FN4O2S. The van der Waals surface area contributed by atoms with E-state index in [4.69, 9.17) is 9.68 Å². The Bertz CT molecular complexity index is 1160. The van der Waals surface area contributed by atoms with Crippen LogP contribution in [0.5, 0.6) is 0 Å². The third-order valence-electron chi connectivity index (χ3n) is 6.45. The molecule has 0 spiro atoms. The van der Waals surface area contributed by atoms with Crippen molar-refractivity contribution in [2.45, 2.75) is 52.4 Å². The van der Waals surface area contributed by atoms with E-state index in [1.54, 1.807) is 18.4 Å². The van der Waals surface area contributed by atoms with Gasteiger partial charge in [-0.15, -0.1) is 0 Å². The molecule has 5 rings (SSSR count).